The molecule has 10 rings (SSSR count). The normalized spacial score (nSPS) is 11.8. The van der Waals surface area contributed by atoms with Gasteiger partial charge in [-0.2, -0.15) is 0 Å². The summed E-state index contributed by atoms with van der Waals surface area (Å²) in [7, 11) is 1.69. The summed E-state index contributed by atoms with van der Waals surface area (Å²) >= 11 is 0. The zero-order valence-corrected chi connectivity index (χ0v) is 41.3. The van der Waals surface area contributed by atoms with Crippen molar-refractivity contribution < 1.29 is 9.84 Å². The second-order valence-electron chi connectivity index (χ2n) is 17.8. The Labute approximate surface area is 435 Å². The Kier molecular flexibility index (Phi) is 15.4. The molecule has 74 heavy (non-hydrogen) atoms. The molecule has 4 heteroatoms. The Morgan fingerprint density at radius 2 is 0.662 bits per heavy atom. The van der Waals surface area contributed by atoms with E-state index >= 15 is 0 Å². The first-order valence-corrected chi connectivity index (χ1v) is 24.9. The summed E-state index contributed by atoms with van der Waals surface area (Å²) in [4.78, 5) is 4.60. The molecule has 0 aliphatic carbocycles. The van der Waals surface area contributed by atoms with Crippen LogP contribution in [0.5, 0.6) is 5.75 Å². The number of nitrogens with zero attached hydrogens (tertiary/aromatic N) is 2. The van der Waals surface area contributed by atoms with Crippen LogP contribution in [-0.4, -0.2) is 12.2 Å². The molecule has 0 saturated heterocycles. The van der Waals surface area contributed by atoms with E-state index in [4.69, 9.17) is 4.74 Å². The third kappa shape index (κ3) is 11.6. The Bertz CT molecular complexity index is 3240. The minimum atomic E-state index is 0.0267. The van der Waals surface area contributed by atoms with Gasteiger partial charge >= 0.3 is 0 Å². The molecule has 0 atom stereocenters. The molecule has 0 spiro atoms. The lowest BCUT2D eigenvalue weighted by Gasteiger charge is -2.26. The van der Waals surface area contributed by atoms with E-state index in [0.717, 1.165) is 101 Å². The molecule has 4 nitrogen and oxygen atoms in total. The van der Waals surface area contributed by atoms with Crippen molar-refractivity contribution >= 4 is 57.4 Å². The predicted octanol–water partition coefficient (Wildman–Crippen LogP) is 18.1. The molecule has 1 N–H and O–H groups in total. The van der Waals surface area contributed by atoms with Gasteiger partial charge in [0.2, 0.25) is 0 Å². The molecule has 0 bridgehead atoms. The van der Waals surface area contributed by atoms with Gasteiger partial charge in [-0.15, -0.1) is 0 Å². The quantitative estimate of drug-likeness (QED) is 0.0923. The highest BCUT2D eigenvalue weighted by Gasteiger charge is 2.15. The van der Waals surface area contributed by atoms with Crippen molar-refractivity contribution in [2.75, 3.05) is 16.9 Å². The molecule has 10 aromatic carbocycles. The molecule has 10 aromatic rings. The summed E-state index contributed by atoms with van der Waals surface area (Å²) in [5, 5.41) is 9.60. The third-order valence-electron chi connectivity index (χ3n) is 13.0. The molecule has 0 unspecified atom stereocenters. The number of methoxy groups -OCH3 is 1. The molecule has 0 aliphatic heterocycles. The second kappa shape index (κ2) is 23.6. The fourth-order valence-electron chi connectivity index (χ4n) is 9.15. The van der Waals surface area contributed by atoms with Gasteiger partial charge in [-0.3, -0.25) is 0 Å². The monoisotopic (exact) mass is 956 g/mol. The zero-order chi connectivity index (χ0) is 50.3. The van der Waals surface area contributed by atoms with Crippen molar-refractivity contribution in [3.05, 3.63) is 330 Å². The van der Waals surface area contributed by atoms with Crippen LogP contribution in [0, 0.1) is 0 Å². The maximum atomic E-state index is 9.60. The number of anilines is 6. The van der Waals surface area contributed by atoms with Crippen LogP contribution < -0.4 is 14.5 Å². The average molecular weight is 957 g/mol. The lowest BCUT2D eigenvalue weighted by Crippen LogP contribution is -2.10. The van der Waals surface area contributed by atoms with Gasteiger partial charge in [0, 0.05) is 34.1 Å². The van der Waals surface area contributed by atoms with Crippen LogP contribution in [0.3, 0.4) is 0 Å². The predicted molar refractivity (Wildman–Crippen MR) is 312 cm³/mol. The smallest absolute Gasteiger partial charge is 0.118 e. The van der Waals surface area contributed by atoms with E-state index in [-0.39, 0.29) is 6.61 Å². The molecule has 0 aromatic heterocycles. The summed E-state index contributed by atoms with van der Waals surface area (Å²) in [6, 6.07) is 93.3. The van der Waals surface area contributed by atoms with E-state index in [2.05, 4.69) is 277 Å². The van der Waals surface area contributed by atoms with Gasteiger partial charge in [-0.05, 0) is 146 Å². The number of hydrogen-bond acceptors (Lipinski definition) is 4. The first-order chi connectivity index (χ1) is 36.6. The lowest BCUT2D eigenvalue weighted by molar-refractivity contribution is 0.282. The number of benzene rings is 10. The fourth-order valence-corrected chi connectivity index (χ4v) is 9.15. The van der Waals surface area contributed by atoms with E-state index in [0.29, 0.717) is 0 Å². The molecular formula is C70H56N2O2. The fraction of sp³-hybridized carbons (Fsp3) is 0.0286. The molecular weight excluding hydrogens is 901 g/mol. The van der Waals surface area contributed by atoms with Gasteiger partial charge in [0.1, 0.15) is 5.75 Å². The minimum Gasteiger partial charge on any atom is -0.497 e. The first-order valence-electron chi connectivity index (χ1n) is 24.9. The second-order valence-corrected chi connectivity index (χ2v) is 17.8. The molecule has 0 saturated carbocycles. The van der Waals surface area contributed by atoms with Gasteiger partial charge in [0.25, 0.3) is 0 Å². The van der Waals surface area contributed by atoms with Crippen LogP contribution in [-0.2, 0) is 6.61 Å². The number of allylic oxidation sites excluding steroid dienone is 4. The van der Waals surface area contributed by atoms with Gasteiger partial charge < -0.3 is 19.6 Å². The standard InChI is InChI=1S/C70H56N2O2/c1-74-68-50-40-61(41-51-68)70(59-20-8-3-9-21-59)27-15-17-54-32-44-65(45-33-54)72(63-24-12-5-13-25-63)67-48-38-57(39-49-67)56-36-46-66(47-37-56)71(62-22-10-4-11-23-62)64-42-30-53(31-43-64)16-14-26-69(58-18-6-2-7-19-58)60-34-28-55(52-73)29-35-60/h2-51,73H,52H2,1H3. The number of ether oxygens (including phenoxy) is 1. The Morgan fingerprint density at radius 3 is 1.01 bits per heavy atom. The summed E-state index contributed by atoms with van der Waals surface area (Å²) in [5.74, 6) is 0.838. The summed E-state index contributed by atoms with van der Waals surface area (Å²) in [5.41, 5.74) is 18.6. The Balaban J connectivity index is 0.866. The molecule has 0 radical (unpaired) electrons. The minimum absolute atomic E-state index is 0.0267. The number of para-hydroxylation sites is 2. The van der Waals surface area contributed by atoms with E-state index in [9.17, 15) is 5.11 Å². The molecule has 0 aliphatic rings. The number of aliphatic hydroxyl groups excluding tert-OH is 1. The molecule has 0 heterocycles. The van der Waals surface area contributed by atoms with Crippen LogP contribution in [0.1, 0.15) is 38.9 Å². The third-order valence-corrected chi connectivity index (χ3v) is 13.0. The van der Waals surface area contributed by atoms with Crippen molar-refractivity contribution in [2.45, 2.75) is 6.61 Å². The van der Waals surface area contributed by atoms with Crippen molar-refractivity contribution in [1.82, 2.24) is 0 Å². The van der Waals surface area contributed by atoms with Crippen LogP contribution in [0.4, 0.5) is 34.1 Å². The van der Waals surface area contributed by atoms with Crippen LogP contribution in [0.2, 0.25) is 0 Å². The van der Waals surface area contributed by atoms with Gasteiger partial charge in [-0.25, -0.2) is 0 Å². The highest BCUT2D eigenvalue weighted by atomic mass is 16.5. The summed E-state index contributed by atoms with van der Waals surface area (Å²) < 4.78 is 5.42. The first kappa shape index (κ1) is 48.2. The van der Waals surface area contributed by atoms with E-state index in [1.165, 1.54) is 0 Å². The van der Waals surface area contributed by atoms with Crippen LogP contribution >= 0.6 is 0 Å². The van der Waals surface area contributed by atoms with Crippen molar-refractivity contribution in [3.63, 3.8) is 0 Å². The summed E-state index contributed by atoms with van der Waals surface area (Å²) in [6.45, 7) is 0.0267. The molecule has 0 amide bonds. The number of aliphatic hydroxyl groups is 1. The zero-order valence-electron chi connectivity index (χ0n) is 41.3. The average Bonchev–Trinajstić information content (AvgIpc) is 3.48. The summed E-state index contributed by atoms with van der Waals surface area (Å²) in [6.07, 6.45) is 12.9. The molecule has 0 fully saturated rings. The van der Waals surface area contributed by atoms with Gasteiger partial charge in [0.15, 0.2) is 0 Å². The molecule has 358 valence electrons. The highest BCUT2D eigenvalue weighted by molar-refractivity contribution is 5.84. The van der Waals surface area contributed by atoms with Gasteiger partial charge in [0.05, 0.1) is 13.7 Å². The van der Waals surface area contributed by atoms with Gasteiger partial charge in [-0.1, -0.05) is 218 Å². The maximum Gasteiger partial charge on any atom is 0.118 e. The van der Waals surface area contributed by atoms with Crippen molar-refractivity contribution in [2.24, 2.45) is 0 Å². The highest BCUT2D eigenvalue weighted by Crippen LogP contribution is 2.38. The van der Waals surface area contributed by atoms with Crippen molar-refractivity contribution in [1.29, 1.82) is 0 Å². The number of rotatable bonds is 17. The van der Waals surface area contributed by atoms with E-state index in [1.54, 1.807) is 7.11 Å². The maximum absolute atomic E-state index is 9.60. The van der Waals surface area contributed by atoms with E-state index < -0.39 is 0 Å². The largest absolute Gasteiger partial charge is 0.497 e. The van der Waals surface area contributed by atoms with Crippen molar-refractivity contribution in [3.8, 4) is 16.9 Å². The number of hydrogen-bond donors (Lipinski definition) is 1. The van der Waals surface area contributed by atoms with Crippen LogP contribution in [0.25, 0.3) is 34.4 Å². The Hall–Kier alpha value is -9.48. The van der Waals surface area contributed by atoms with E-state index in [1.807, 2.05) is 36.4 Å². The topological polar surface area (TPSA) is 35.9 Å². The lowest BCUT2D eigenvalue weighted by atomic mass is 9.96. The Morgan fingerprint density at radius 1 is 0.351 bits per heavy atom. The SMILES string of the molecule is COc1ccc(C(=CC=Cc2ccc(N(c3ccccc3)c3ccc(-c4ccc(N(c5ccccc5)c5ccc(C=CC=C(c6ccccc6)c6ccc(CO)cc6)cc5)cc4)cc3)cc2)c2ccccc2)cc1. The van der Waals surface area contributed by atoms with Crippen LogP contribution in [0.15, 0.2) is 291 Å².